The average Bonchev–Trinajstić information content (AvgIpc) is 2.92. The van der Waals surface area contributed by atoms with Gasteiger partial charge in [0, 0.05) is 18.3 Å². The molecule has 5 nitrogen and oxygen atoms in total. The average molecular weight is 265 g/mol. The molecule has 100 valence electrons. The second-order valence-corrected chi connectivity index (χ2v) is 4.45. The number of fused-ring (bicyclic) bond motifs is 1. The minimum absolute atomic E-state index is 0.611. The molecule has 20 heavy (non-hydrogen) atoms. The Kier molecular flexibility index (Phi) is 3.41. The molecular weight excluding hydrogens is 250 g/mol. The lowest BCUT2D eigenvalue weighted by molar-refractivity contribution is 0.928. The second kappa shape index (κ2) is 5.52. The fourth-order valence-corrected chi connectivity index (χ4v) is 1.98. The van der Waals surface area contributed by atoms with Crippen molar-refractivity contribution >= 4 is 17.7 Å². The van der Waals surface area contributed by atoms with E-state index in [9.17, 15) is 0 Å². The highest BCUT2D eigenvalue weighted by Crippen LogP contribution is 2.09. The van der Waals surface area contributed by atoms with Gasteiger partial charge in [0.15, 0.2) is 0 Å². The standard InChI is InChI=1S/C15H15N5/c1-12-10-14(20-15(19-12)17-11-18-20)16-9-5-8-13-6-3-2-4-7-13/h2-8,10-11,16H,9H2,1H3/b8-5+. The minimum Gasteiger partial charge on any atom is -0.366 e. The molecule has 0 spiro atoms. The number of nitrogens with zero attached hydrogens (tertiary/aromatic N) is 4. The van der Waals surface area contributed by atoms with E-state index in [1.807, 2.05) is 31.2 Å². The van der Waals surface area contributed by atoms with Crippen molar-refractivity contribution < 1.29 is 0 Å². The first-order valence-electron chi connectivity index (χ1n) is 6.46. The number of nitrogens with one attached hydrogen (secondary N) is 1. The largest absolute Gasteiger partial charge is 0.366 e. The van der Waals surface area contributed by atoms with Crippen molar-refractivity contribution in [3.63, 3.8) is 0 Å². The van der Waals surface area contributed by atoms with Gasteiger partial charge in [-0.15, -0.1) is 0 Å². The van der Waals surface area contributed by atoms with Gasteiger partial charge in [-0.3, -0.25) is 0 Å². The lowest BCUT2D eigenvalue weighted by Gasteiger charge is -2.06. The Morgan fingerprint density at radius 1 is 1.25 bits per heavy atom. The van der Waals surface area contributed by atoms with Gasteiger partial charge in [0.1, 0.15) is 12.1 Å². The molecule has 1 N–H and O–H groups in total. The van der Waals surface area contributed by atoms with Crippen molar-refractivity contribution in [3.8, 4) is 0 Å². The molecule has 0 amide bonds. The fraction of sp³-hybridized carbons (Fsp3) is 0.133. The molecule has 3 aromatic rings. The summed E-state index contributed by atoms with van der Waals surface area (Å²) in [6.07, 6.45) is 5.67. The van der Waals surface area contributed by atoms with Crippen molar-refractivity contribution in [1.29, 1.82) is 0 Å². The maximum absolute atomic E-state index is 4.30. The van der Waals surface area contributed by atoms with Crippen LogP contribution in [0.5, 0.6) is 0 Å². The highest BCUT2D eigenvalue weighted by Gasteiger charge is 2.03. The zero-order valence-electron chi connectivity index (χ0n) is 11.2. The van der Waals surface area contributed by atoms with Crippen LogP contribution in [0.1, 0.15) is 11.3 Å². The lowest BCUT2D eigenvalue weighted by atomic mass is 10.2. The number of hydrogen-bond donors (Lipinski definition) is 1. The first-order valence-corrected chi connectivity index (χ1v) is 6.46. The third kappa shape index (κ3) is 2.66. The molecular formula is C15H15N5. The summed E-state index contributed by atoms with van der Waals surface area (Å²) in [7, 11) is 0. The summed E-state index contributed by atoms with van der Waals surface area (Å²) in [4.78, 5) is 8.40. The van der Waals surface area contributed by atoms with E-state index in [4.69, 9.17) is 0 Å². The third-order valence-corrected chi connectivity index (χ3v) is 2.89. The number of rotatable bonds is 4. The molecule has 0 radical (unpaired) electrons. The smallest absolute Gasteiger partial charge is 0.254 e. The summed E-state index contributed by atoms with van der Waals surface area (Å²) in [5.74, 6) is 1.50. The fourth-order valence-electron chi connectivity index (χ4n) is 1.98. The van der Waals surface area contributed by atoms with E-state index in [1.54, 1.807) is 4.52 Å². The van der Waals surface area contributed by atoms with Crippen LogP contribution in [0.4, 0.5) is 5.82 Å². The quantitative estimate of drug-likeness (QED) is 0.787. The number of hydrogen-bond acceptors (Lipinski definition) is 4. The Hall–Kier alpha value is -2.69. The van der Waals surface area contributed by atoms with E-state index in [2.05, 4.69) is 44.7 Å². The van der Waals surface area contributed by atoms with Crippen LogP contribution >= 0.6 is 0 Å². The molecule has 0 aliphatic heterocycles. The highest BCUT2D eigenvalue weighted by molar-refractivity contribution is 5.50. The molecule has 0 aliphatic rings. The highest BCUT2D eigenvalue weighted by atomic mass is 15.3. The van der Waals surface area contributed by atoms with E-state index < -0.39 is 0 Å². The predicted octanol–water partition coefficient (Wildman–Crippen LogP) is 2.56. The summed E-state index contributed by atoms with van der Waals surface area (Å²) in [5, 5.41) is 7.47. The lowest BCUT2D eigenvalue weighted by Crippen LogP contribution is -2.06. The number of anilines is 1. The van der Waals surface area contributed by atoms with Crippen molar-refractivity contribution in [2.45, 2.75) is 6.92 Å². The van der Waals surface area contributed by atoms with E-state index >= 15 is 0 Å². The summed E-state index contributed by atoms with van der Waals surface area (Å²) >= 11 is 0. The maximum Gasteiger partial charge on any atom is 0.254 e. The van der Waals surface area contributed by atoms with Gasteiger partial charge in [-0.05, 0) is 12.5 Å². The molecule has 0 saturated heterocycles. The molecule has 1 aromatic carbocycles. The van der Waals surface area contributed by atoms with Crippen molar-refractivity contribution in [2.75, 3.05) is 11.9 Å². The maximum atomic E-state index is 4.30. The molecule has 5 heteroatoms. The van der Waals surface area contributed by atoms with E-state index in [0.29, 0.717) is 12.3 Å². The second-order valence-electron chi connectivity index (χ2n) is 4.45. The first kappa shape index (κ1) is 12.3. The van der Waals surface area contributed by atoms with Crippen LogP contribution in [0, 0.1) is 6.92 Å². The molecule has 2 heterocycles. The summed E-state index contributed by atoms with van der Waals surface area (Å²) in [5.41, 5.74) is 2.10. The zero-order chi connectivity index (χ0) is 13.8. The molecule has 0 saturated carbocycles. The third-order valence-electron chi connectivity index (χ3n) is 2.89. The molecule has 0 bridgehead atoms. The topological polar surface area (TPSA) is 55.1 Å². The summed E-state index contributed by atoms with van der Waals surface area (Å²) in [6.45, 7) is 2.66. The number of benzene rings is 1. The molecule has 0 aliphatic carbocycles. The number of aromatic nitrogens is 4. The van der Waals surface area contributed by atoms with E-state index in [-0.39, 0.29) is 0 Å². The predicted molar refractivity (Wildman–Crippen MR) is 79.5 cm³/mol. The van der Waals surface area contributed by atoms with E-state index in [0.717, 1.165) is 11.5 Å². The van der Waals surface area contributed by atoms with Crippen LogP contribution in [0.25, 0.3) is 11.9 Å². The molecule has 0 atom stereocenters. The molecule has 3 rings (SSSR count). The number of aryl methyl sites for hydroxylation is 1. The van der Waals surface area contributed by atoms with Crippen LogP contribution < -0.4 is 5.32 Å². The zero-order valence-corrected chi connectivity index (χ0v) is 11.2. The monoisotopic (exact) mass is 265 g/mol. The summed E-state index contributed by atoms with van der Waals surface area (Å²) in [6, 6.07) is 12.2. The van der Waals surface area contributed by atoms with Crippen LogP contribution in [0.3, 0.4) is 0 Å². The van der Waals surface area contributed by atoms with E-state index in [1.165, 1.54) is 11.9 Å². The summed E-state index contributed by atoms with van der Waals surface area (Å²) < 4.78 is 1.70. The van der Waals surface area contributed by atoms with Gasteiger partial charge in [0.25, 0.3) is 5.78 Å². The molecule has 2 aromatic heterocycles. The van der Waals surface area contributed by atoms with Crippen LogP contribution in [0.15, 0.2) is 48.8 Å². The van der Waals surface area contributed by atoms with Gasteiger partial charge < -0.3 is 5.32 Å². The van der Waals surface area contributed by atoms with Crippen LogP contribution in [-0.4, -0.2) is 26.1 Å². The minimum atomic E-state index is 0.611. The van der Waals surface area contributed by atoms with Gasteiger partial charge in [0.2, 0.25) is 0 Å². The van der Waals surface area contributed by atoms with Gasteiger partial charge >= 0.3 is 0 Å². The van der Waals surface area contributed by atoms with Gasteiger partial charge in [-0.2, -0.15) is 14.6 Å². The van der Waals surface area contributed by atoms with Gasteiger partial charge in [-0.25, -0.2) is 4.98 Å². The molecule has 0 fully saturated rings. The van der Waals surface area contributed by atoms with Crippen molar-refractivity contribution in [3.05, 3.63) is 60.1 Å². The van der Waals surface area contributed by atoms with Crippen LogP contribution in [-0.2, 0) is 0 Å². The van der Waals surface area contributed by atoms with Gasteiger partial charge in [-0.1, -0.05) is 42.5 Å². The Balaban J connectivity index is 1.71. The Bertz CT molecular complexity index is 730. The normalized spacial score (nSPS) is 11.2. The Morgan fingerprint density at radius 2 is 2.10 bits per heavy atom. The van der Waals surface area contributed by atoms with Crippen molar-refractivity contribution in [2.24, 2.45) is 0 Å². The first-order chi connectivity index (χ1) is 9.83. The van der Waals surface area contributed by atoms with Crippen molar-refractivity contribution in [1.82, 2.24) is 19.6 Å². The Morgan fingerprint density at radius 3 is 2.95 bits per heavy atom. The Labute approximate surface area is 117 Å². The molecule has 0 unspecified atom stereocenters. The SMILES string of the molecule is Cc1cc(NC/C=C/c2ccccc2)n2ncnc2n1. The van der Waals surface area contributed by atoms with Gasteiger partial charge in [0.05, 0.1) is 0 Å². The van der Waals surface area contributed by atoms with Crippen LogP contribution in [0.2, 0.25) is 0 Å².